The Morgan fingerprint density at radius 1 is 1.19 bits per heavy atom. The highest BCUT2D eigenvalue weighted by Gasteiger charge is 2.38. The fraction of sp³-hybridized carbons (Fsp3) is 0.421. The molecule has 1 saturated heterocycles. The van der Waals surface area contributed by atoms with Gasteiger partial charge in [0, 0.05) is 44.7 Å². The maximum absolute atomic E-state index is 13.1. The molecule has 142 valence electrons. The predicted molar refractivity (Wildman–Crippen MR) is 99.1 cm³/mol. The van der Waals surface area contributed by atoms with Crippen LogP contribution in [0.5, 0.6) is 0 Å². The second-order valence-electron chi connectivity index (χ2n) is 6.98. The van der Waals surface area contributed by atoms with Gasteiger partial charge in [0.2, 0.25) is 15.9 Å². The minimum atomic E-state index is -3.58. The van der Waals surface area contributed by atoms with Crippen molar-refractivity contribution in [3.63, 3.8) is 0 Å². The summed E-state index contributed by atoms with van der Waals surface area (Å²) in [7, 11) is -3.58. The van der Waals surface area contributed by atoms with Gasteiger partial charge in [-0.2, -0.15) is 4.31 Å². The van der Waals surface area contributed by atoms with Crippen molar-refractivity contribution in [2.75, 3.05) is 13.1 Å². The van der Waals surface area contributed by atoms with Crippen LogP contribution in [0.4, 0.5) is 0 Å². The average molecular weight is 386 g/mol. The number of amides is 1. The highest BCUT2D eigenvalue weighted by Crippen LogP contribution is 2.35. The van der Waals surface area contributed by atoms with Gasteiger partial charge in [-0.15, -0.1) is 0 Å². The third-order valence-corrected chi connectivity index (χ3v) is 7.17. The maximum atomic E-state index is 13.1. The van der Waals surface area contributed by atoms with Crippen molar-refractivity contribution in [1.29, 1.82) is 0 Å². The molecule has 0 spiro atoms. The van der Waals surface area contributed by atoms with E-state index in [1.54, 1.807) is 48.4 Å². The first kappa shape index (κ1) is 18.1. The summed E-state index contributed by atoms with van der Waals surface area (Å²) < 4.78 is 27.6. The fourth-order valence-electron chi connectivity index (χ4n) is 3.77. The van der Waals surface area contributed by atoms with Gasteiger partial charge in [0.1, 0.15) is 5.82 Å². The van der Waals surface area contributed by atoms with Crippen molar-refractivity contribution in [1.82, 2.24) is 19.2 Å². The molecule has 8 heteroatoms. The van der Waals surface area contributed by atoms with Crippen molar-refractivity contribution < 1.29 is 13.2 Å². The van der Waals surface area contributed by atoms with E-state index < -0.39 is 10.0 Å². The third kappa shape index (κ3) is 3.35. The molecule has 1 amide bonds. The number of carbonyl (C=O) groups excluding carboxylic acids is 1. The number of hydrogen-bond acceptors (Lipinski definition) is 5. The minimum absolute atomic E-state index is 0.0423. The Bertz CT molecular complexity index is 962. The van der Waals surface area contributed by atoms with E-state index in [0.717, 1.165) is 17.7 Å². The normalized spacial score (nSPS) is 20.5. The molecule has 1 aromatic heterocycles. The Balaban J connectivity index is 1.63. The lowest BCUT2D eigenvalue weighted by molar-refractivity contribution is -0.129. The molecule has 7 nitrogen and oxygen atoms in total. The van der Waals surface area contributed by atoms with Gasteiger partial charge in [0.05, 0.1) is 16.6 Å². The molecule has 1 fully saturated rings. The summed E-state index contributed by atoms with van der Waals surface area (Å²) in [5, 5.41) is 0. The number of hydrogen-bond donors (Lipinski definition) is 0. The van der Waals surface area contributed by atoms with E-state index in [-0.39, 0.29) is 11.9 Å². The molecule has 1 aromatic carbocycles. The molecule has 2 aliphatic rings. The number of benzene rings is 1. The summed E-state index contributed by atoms with van der Waals surface area (Å²) in [6.45, 7) is 3.18. The van der Waals surface area contributed by atoms with Crippen LogP contribution in [-0.2, 0) is 27.8 Å². The van der Waals surface area contributed by atoms with Gasteiger partial charge >= 0.3 is 0 Å². The van der Waals surface area contributed by atoms with E-state index >= 15 is 0 Å². The molecule has 27 heavy (non-hydrogen) atoms. The number of sulfonamides is 1. The first-order valence-electron chi connectivity index (χ1n) is 9.14. The fourth-order valence-corrected chi connectivity index (χ4v) is 5.45. The molecule has 1 atom stereocenters. The Morgan fingerprint density at radius 2 is 1.96 bits per heavy atom. The van der Waals surface area contributed by atoms with Crippen LogP contribution in [-0.4, -0.2) is 46.6 Å². The lowest BCUT2D eigenvalue weighted by Crippen LogP contribution is -2.36. The van der Waals surface area contributed by atoms with E-state index in [1.807, 2.05) is 0 Å². The monoisotopic (exact) mass is 386 g/mol. The number of fused-ring (bicyclic) bond motifs is 1. The van der Waals surface area contributed by atoms with E-state index in [2.05, 4.69) is 4.98 Å². The van der Waals surface area contributed by atoms with Crippen LogP contribution in [0.25, 0.3) is 0 Å². The van der Waals surface area contributed by atoms with Crippen molar-refractivity contribution in [2.45, 2.75) is 43.7 Å². The molecule has 3 heterocycles. The number of carbonyl (C=O) groups is 1. The lowest BCUT2D eigenvalue weighted by atomic mass is 10.1. The van der Waals surface area contributed by atoms with Crippen molar-refractivity contribution in [2.24, 2.45) is 0 Å². The smallest absolute Gasteiger partial charge is 0.243 e. The van der Waals surface area contributed by atoms with Crippen LogP contribution < -0.4 is 0 Å². The van der Waals surface area contributed by atoms with E-state index in [0.29, 0.717) is 43.2 Å². The summed E-state index contributed by atoms with van der Waals surface area (Å²) in [4.78, 5) is 22.8. The quantitative estimate of drug-likeness (QED) is 0.805. The van der Waals surface area contributed by atoms with Crippen LogP contribution in [0.1, 0.15) is 42.9 Å². The molecule has 0 saturated carbocycles. The van der Waals surface area contributed by atoms with Crippen LogP contribution in [0.15, 0.2) is 41.4 Å². The Hall–Kier alpha value is -2.32. The zero-order valence-electron chi connectivity index (χ0n) is 15.2. The molecule has 4 rings (SSSR count). The second-order valence-corrected chi connectivity index (χ2v) is 8.87. The molecule has 0 N–H and O–H groups in total. The van der Waals surface area contributed by atoms with Gasteiger partial charge in [-0.1, -0.05) is 18.2 Å². The molecule has 0 bridgehead atoms. The van der Waals surface area contributed by atoms with Gasteiger partial charge in [0.15, 0.2) is 0 Å². The van der Waals surface area contributed by atoms with Gasteiger partial charge in [-0.05, 0) is 25.0 Å². The van der Waals surface area contributed by atoms with Crippen molar-refractivity contribution in [3.8, 4) is 0 Å². The third-order valence-electron chi connectivity index (χ3n) is 5.25. The first-order chi connectivity index (χ1) is 13.0. The predicted octanol–water partition coefficient (Wildman–Crippen LogP) is 1.91. The lowest BCUT2D eigenvalue weighted by Gasteiger charge is -2.28. The van der Waals surface area contributed by atoms with E-state index in [9.17, 15) is 13.2 Å². The number of nitrogens with zero attached hydrogens (tertiary/aromatic N) is 4. The maximum Gasteiger partial charge on any atom is 0.243 e. The summed E-state index contributed by atoms with van der Waals surface area (Å²) >= 11 is 0. The molecule has 0 unspecified atom stereocenters. The molecule has 2 aromatic rings. The first-order valence-corrected chi connectivity index (χ1v) is 10.6. The standard InChI is InChI=1S/C19H22N4O3S/c1-14(24)22-11-9-17-15(13-22)12-20-19(21-17)18-8-5-10-23(18)27(25,26)16-6-3-2-4-7-16/h2-4,6-7,12,18H,5,8-11,13H2,1H3/t18-/m0/s1. The zero-order valence-corrected chi connectivity index (χ0v) is 16.0. The highest BCUT2D eigenvalue weighted by molar-refractivity contribution is 7.89. The van der Waals surface area contributed by atoms with E-state index in [4.69, 9.17) is 4.98 Å². The molecule has 2 aliphatic heterocycles. The van der Waals surface area contributed by atoms with E-state index in [1.165, 1.54) is 4.31 Å². The summed E-state index contributed by atoms with van der Waals surface area (Å²) in [5.41, 5.74) is 1.86. The van der Waals surface area contributed by atoms with Crippen molar-refractivity contribution in [3.05, 3.63) is 53.6 Å². The topological polar surface area (TPSA) is 83.5 Å². The van der Waals surface area contributed by atoms with Crippen LogP contribution >= 0.6 is 0 Å². The molecular formula is C19H22N4O3S. The molecule has 0 radical (unpaired) electrons. The largest absolute Gasteiger partial charge is 0.338 e. The number of aromatic nitrogens is 2. The van der Waals surface area contributed by atoms with Crippen LogP contribution in [0, 0.1) is 0 Å². The van der Waals surface area contributed by atoms with Gasteiger partial charge in [-0.3, -0.25) is 4.79 Å². The Morgan fingerprint density at radius 3 is 2.70 bits per heavy atom. The SMILES string of the molecule is CC(=O)N1CCc2nc([C@@H]3CCCN3S(=O)(=O)c3ccccc3)ncc2C1. The van der Waals surface area contributed by atoms with Gasteiger partial charge < -0.3 is 4.90 Å². The average Bonchev–Trinajstić information content (AvgIpc) is 3.18. The van der Waals surface area contributed by atoms with Crippen LogP contribution in [0.2, 0.25) is 0 Å². The summed E-state index contributed by atoms with van der Waals surface area (Å²) in [6.07, 6.45) is 3.92. The zero-order chi connectivity index (χ0) is 19.0. The second kappa shape index (κ2) is 7.01. The molecular weight excluding hydrogens is 364 g/mol. The number of rotatable bonds is 3. The Kier molecular flexibility index (Phi) is 4.69. The molecule has 0 aliphatic carbocycles. The van der Waals surface area contributed by atoms with Crippen LogP contribution in [0.3, 0.4) is 0 Å². The van der Waals surface area contributed by atoms with Gasteiger partial charge in [0.25, 0.3) is 0 Å². The highest BCUT2D eigenvalue weighted by atomic mass is 32.2. The summed E-state index contributed by atoms with van der Waals surface area (Å²) in [5.74, 6) is 0.600. The minimum Gasteiger partial charge on any atom is -0.338 e. The van der Waals surface area contributed by atoms with Crippen molar-refractivity contribution >= 4 is 15.9 Å². The summed E-state index contributed by atoms with van der Waals surface area (Å²) in [6, 6.07) is 8.16. The van der Waals surface area contributed by atoms with Gasteiger partial charge in [-0.25, -0.2) is 18.4 Å². The Labute approximate surface area is 159 Å².